The highest BCUT2D eigenvalue weighted by molar-refractivity contribution is 5.94. The second-order valence-electron chi connectivity index (χ2n) is 4.96. The van der Waals surface area contributed by atoms with Gasteiger partial charge in [0.2, 0.25) is 0 Å². The van der Waals surface area contributed by atoms with Crippen molar-refractivity contribution in [2.24, 2.45) is 0 Å². The van der Waals surface area contributed by atoms with Crippen molar-refractivity contribution in [3.8, 4) is 5.75 Å². The number of benzene rings is 1. The zero-order valence-electron chi connectivity index (χ0n) is 13.2. The number of hydrogen-bond acceptors (Lipinski definition) is 4. The first-order chi connectivity index (χ1) is 11.2. The van der Waals surface area contributed by atoms with E-state index in [1.165, 1.54) is 0 Å². The van der Waals surface area contributed by atoms with E-state index in [0.29, 0.717) is 18.7 Å². The van der Waals surface area contributed by atoms with E-state index in [1.807, 2.05) is 24.3 Å². The minimum absolute atomic E-state index is 0.124. The molecule has 5 heteroatoms. The van der Waals surface area contributed by atoms with Crippen molar-refractivity contribution in [3.63, 3.8) is 0 Å². The fourth-order valence-corrected chi connectivity index (χ4v) is 2.02. The molecule has 2 aromatic rings. The van der Waals surface area contributed by atoms with Gasteiger partial charge in [-0.15, -0.1) is 6.58 Å². The van der Waals surface area contributed by atoms with Crippen molar-refractivity contribution >= 4 is 11.7 Å². The second-order valence-corrected chi connectivity index (χ2v) is 4.96. The molecule has 0 unspecified atom stereocenters. The Labute approximate surface area is 136 Å². The van der Waals surface area contributed by atoms with E-state index in [0.717, 1.165) is 23.6 Å². The first-order valence-corrected chi connectivity index (χ1v) is 7.45. The van der Waals surface area contributed by atoms with Gasteiger partial charge in [-0.05, 0) is 36.2 Å². The molecule has 1 heterocycles. The van der Waals surface area contributed by atoms with Gasteiger partial charge < -0.3 is 15.4 Å². The van der Waals surface area contributed by atoms with E-state index in [9.17, 15) is 4.79 Å². The lowest BCUT2D eigenvalue weighted by molar-refractivity contribution is 0.0954. The van der Waals surface area contributed by atoms with Crippen molar-refractivity contribution < 1.29 is 9.53 Å². The standard InChI is InChI=1S/C18H21N3O2/c1-3-11-19-17-9-6-15(13-21-17)18(22)20-12-10-14-4-7-16(23-2)8-5-14/h3-9,13H,1,10-12H2,2H3,(H,19,21)(H,20,22). The molecule has 0 spiro atoms. The number of amides is 1. The number of carbonyl (C=O) groups is 1. The van der Waals surface area contributed by atoms with Gasteiger partial charge >= 0.3 is 0 Å². The molecule has 0 aliphatic heterocycles. The summed E-state index contributed by atoms with van der Waals surface area (Å²) in [6.45, 7) is 4.84. The van der Waals surface area contributed by atoms with Crippen LogP contribution in [0.4, 0.5) is 5.82 Å². The van der Waals surface area contributed by atoms with Gasteiger partial charge in [0.1, 0.15) is 11.6 Å². The number of carbonyl (C=O) groups excluding carboxylic acids is 1. The summed E-state index contributed by atoms with van der Waals surface area (Å²) in [6.07, 6.45) is 4.08. The van der Waals surface area contributed by atoms with Gasteiger partial charge in [-0.1, -0.05) is 18.2 Å². The number of anilines is 1. The summed E-state index contributed by atoms with van der Waals surface area (Å²) in [7, 11) is 1.64. The molecule has 1 amide bonds. The van der Waals surface area contributed by atoms with E-state index in [1.54, 1.807) is 31.5 Å². The SMILES string of the molecule is C=CCNc1ccc(C(=O)NCCc2ccc(OC)cc2)cn1. The van der Waals surface area contributed by atoms with Crippen molar-refractivity contribution in [2.45, 2.75) is 6.42 Å². The van der Waals surface area contributed by atoms with Crippen LogP contribution in [0, 0.1) is 0 Å². The minimum atomic E-state index is -0.124. The Morgan fingerprint density at radius 2 is 2.04 bits per heavy atom. The topological polar surface area (TPSA) is 63.2 Å². The molecule has 0 radical (unpaired) electrons. The van der Waals surface area contributed by atoms with Gasteiger partial charge in [0, 0.05) is 19.3 Å². The Morgan fingerprint density at radius 3 is 2.65 bits per heavy atom. The molecule has 0 saturated heterocycles. The molecule has 0 aliphatic rings. The van der Waals surface area contributed by atoms with E-state index < -0.39 is 0 Å². The van der Waals surface area contributed by atoms with Crippen LogP contribution in [0.15, 0.2) is 55.3 Å². The molecule has 0 bridgehead atoms. The molecule has 0 saturated carbocycles. The largest absolute Gasteiger partial charge is 0.497 e. The summed E-state index contributed by atoms with van der Waals surface area (Å²) in [5, 5.41) is 5.96. The number of nitrogens with zero attached hydrogens (tertiary/aromatic N) is 1. The maximum Gasteiger partial charge on any atom is 0.252 e. The van der Waals surface area contributed by atoms with E-state index in [-0.39, 0.29) is 5.91 Å². The summed E-state index contributed by atoms with van der Waals surface area (Å²) in [6, 6.07) is 11.3. The summed E-state index contributed by atoms with van der Waals surface area (Å²) < 4.78 is 5.12. The number of hydrogen-bond donors (Lipinski definition) is 2. The molecule has 5 nitrogen and oxygen atoms in total. The summed E-state index contributed by atoms with van der Waals surface area (Å²) in [5.74, 6) is 1.43. The molecule has 2 N–H and O–H groups in total. The predicted octanol–water partition coefficient (Wildman–Crippen LogP) is 2.66. The average Bonchev–Trinajstić information content (AvgIpc) is 2.61. The first-order valence-electron chi connectivity index (χ1n) is 7.45. The third kappa shape index (κ3) is 5.14. The van der Waals surface area contributed by atoms with Crippen LogP contribution in [0.25, 0.3) is 0 Å². The second kappa shape index (κ2) is 8.58. The Balaban J connectivity index is 1.80. The third-order valence-electron chi connectivity index (χ3n) is 3.31. The van der Waals surface area contributed by atoms with Gasteiger partial charge in [-0.3, -0.25) is 4.79 Å². The molecule has 1 aromatic carbocycles. The van der Waals surface area contributed by atoms with Crippen LogP contribution in [-0.2, 0) is 6.42 Å². The molecular formula is C18H21N3O2. The zero-order chi connectivity index (χ0) is 16.5. The lowest BCUT2D eigenvalue weighted by Crippen LogP contribution is -2.25. The monoisotopic (exact) mass is 311 g/mol. The quantitative estimate of drug-likeness (QED) is 0.736. The Kier molecular flexibility index (Phi) is 6.17. The van der Waals surface area contributed by atoms with Crippen molar-refractivity contribution in [2.75, 3.05) is 25.5 Å². The predicted molar refractivity (Wildman–Crippen MR) is 92.0 cm³/mol. The Morgan fingerprint density at radius 1 is 1.26 bits per heavy atom. The highest BCUT2D eigenvalue weighted by Crippen LogP contribution is 2.11. The van der Waals surface area contributed by atoms with Crippen molar-refractivity contribution in [3.05, 3.63) is 66.4 Å². The first kappa shape index (κ1) is 16.5. The van der Waals surface area contributed by atoms with Crippen LogP contribution in [0.5, 0.6) is 5.75 Å². The lowest BCUT2D eigenvalue weighted by atomic mass is 10.1. The van der Waals surface area contributed by atoms with Gasteiger partial charge in [0.05, 0.1) is 12.7 Å². The van der Waals surface area contributed by atoms with Crippen molar-refractivity contribution in [1.29, 1.82) is 0 Å². The molecule has 23 heavy (non-hydrogen) atoms. The van der Waals surface area contributed by atoms with Crippen LogP contribution in [0.3, 0.4) is 0 Å². The van der Waals surface area contributed by atoms with E-state index in [2.05, 4.69) is 22.2 Å². The fourth-order valence-electron chi connectivity index (χ4n) is 2.02. The maximum atomic E-state index is 12.1. The summed E-state index contributed by atoms with van der Waals surface area (Å²) in [4.78, 5) is 16.2. The lowest BCUT2D eigenvalue weighted by Gasteiger charge is -2.07. The molecule has 0 atom stereocenters. The number of pyridine rings is 1. The number of methoxy groups -OCH3 is 1. The molecule has 120 valence electrons. The van der Waals surface area contributed by atoms with E-state index in [4.69, 9.17) is 4.74 Å². The Bertz CT molecular complexity index is 636. The Hall–Kier alpha value is -2.82. The zero-order valence-corrected chi connectivity index (χ0v) is 13.2. The van der Waals surface area contributed by atoms with Crippen LogP contribution in [-0.4, -0.2) is 31.1 Å². The fraction of sp³-hybridized carbons (Fsp3) is 0.222. The molecule has 1 aromatic heterocycles. The van der Waals surface area contributed by atoms with Gasteiger partial charge in [0.25, 0.3) is 5.91 Å². The summed E-state index contributed by atoms with van der Waals surface area (Å²) in [5.41, 5.74) is 1.69. The highest BCUT2D eigenvalue weighted by Gasteiger charge is 2.05. The van der Waals surface area contributed by atoms with Gasteiger partial charge in [-0.2, -0.15) is 0 Å². The molecule has 2 rings (SSSR count). The minimum Gasteiger partial charge on any atom is -0.497 e. The highest BCUT2D eigenvalue weighted by atomic mass is 16.5. The normalized spacial score (nSPS) is 9.96. The maximum absolute atomic E-state index is 12.1. The van der Waals surface area contributed by atoms with Crippen LogP contribution < -0.4 is 15.4 Å². The summed E-state index contributed by atoms with van der Waals surface area (Å²) >= 11 is 0. The van der Waals surface area contributed by atoms with Gasteiger partial charge in [0.15, 0.2) is 0 Å². The van der Waals surface area contributed by atoms with Gasteiger partial charge in [-0.25, -0.2) is 4.98 Å². The third-order valence-corrected chi connectivity index (χ3v) is 3.31. The van der Waals surface area contributed by atoms with Crippen LogP contribution in [0.2, 0.25) is 0 Å². The molecule has 0 aliphatic carbocycles. The van der Waals surface area contributed by atoms with Crippen LogP contribution >= 0.6 is 0 Å². The van der Waals surface area contributed by atoms with Crippen molar-refractivity contribution in [1.82, 2.24) is 10.3 Å². The van der Waals surface area contributed by atoms with E-state index >= 15 is 0 Å². The van der Waals surface area contributed by atoms with Crippen LogP contribution in [0.1, 0.15) is 15.9 Å². The smallest absolute Gasteiger partial charge is 0.252 e. The number of rotatable bonds is 8. The molecular weight excluding hydrogens is 290 g/mol. The number of ether oxygens (including phenoxy) is 1. The average molecular weight is 311 g/mol. The molecule has 0 fully saturated rings. The number of nitrogens with one attached hydrogen (secondary N) is 2. The number of aromatic nitrogens is 1.